The van der Waals surface area contributed by atoms with Crippen molar-refractivity contribution in [1.29, 1.82) is 0 Å². The van der Waals surface area contributed by atoms with Gasteiger partial charge in [0.1, 0.15) is 0 Å². The first-order valence-corrected chi connectivity index (χ1v) is 26.7. The van der Waals surface area contributed by atoms with Crippen molar-refractivity contribution < 1.29 is 0 Å². The van der Waals surface area contributed by atoms with Gasteiger partial charge in [-0.1, -0.05) is 0 Å². The molecule has 0 saturated heterocycles. The first-order valence-electron chi connectivity index (χ1n) is 12.4. The van der Waals surface area contributed by atoms with Crippen molar-refractivity contribution in [3.05, 3.63) is 0 Å². The van der Waals surface area contributed by atoms with Crippen LogP contribution >= 0.6 is 18.6 Å². The summed E-state index contributed by atoms with van der Waals surface area (Å²) < 4.78 is 5.06. The molecular formula is C24H51ISn. The monoisotopic (exact) mass is 586 g/mol. The molecule has 0 aromatic carbocycles. The van der Waals surface area contributed by atoms with Crippen LogP contribution in [0, 0.1) is 0 Å². The van der Waals surface area contributed by atoms with Gasteiger partial charge in [-0.05, 0) is 0 Å². The molecule has 0 rings (SSSR count). The Balaban J connectivity index is 4.02. The summed E-state index contributed by atoms with van der Waals surface area (Å²) in [7, 11) is 0. The second kappa shape index (κ2) is 21.2. The summed E-state index contributed by atoms with van der Waals surface area (Å²) in [5.41, 5.74) is 0. The molecule has 0 spiro atoms. The van der Waals surface area contributed by atoms with E-state index in [9.17, 15) is 0 Å². The van der Waals surface area contributed by atoms with Crippen molar-refractivity contribution >= 4 is 33.0 Å². The minimum atomic E-state index is -1.80. The predicted octanol–water partition coefficient (Wildman–Crippen LogP) is 10.4. The zero-order valence-corrected chi connectivity index (χ0v) is 23.7. The molecule has 0 unspecified atom stereocenters. The summed E-state index contributed by atoms with van der Waals surface area (Å²) in [4.78, 5) is 0. The fraction of sp³-hybridized carbons (Fsp3) is 1.00. The molecule has 2 heteroatoms. The molecule has 0 aromatic heterocycles. The fourth-order valence-electron chi connectivity index (χ4n) is 4.04. The molecule has 0 heterocycles. The molecule has 0 aliphatic rings. The third-order valence-electron chi connectivity index (χ3n) is 5.94. The van der Waals surface area contributed by atoms with Gasteiger partial charge in [0.2, 0.25) is 0 Å². The molecule has 0 fully saturated rings. The van der Waals surface area contributed by atoms with E-state index < -0.39 is 14.4 Å². The molecule has 0 nitrogen and oxygen atoms in total. The third kappa shape index (κ3) is 18.9. The molecule has 0 N–H and O–H groups in total. The number of hydrogen-bond donors (Lipinski definition) is 0. The van der Waals surface area contributed by atoms with Crippen LogP contribution in [0.5, 0.6) is 0 Å². The van der Waals surface area contributed by atoms with E-state index in [2.05, 4.69) is 39.4 Å². The van der Waals surface area contributed by atoms with Crippen molar-refractivity contribution in [3.63, 3.8) is 0 Å². The van der Waals surface area contributed by atoms with Crippen LogP contribution in [0.4, 0.5) is 0 Å². The molecule has 0 aromatic rings. The van der Waals surface area contributed by atoms with Crippen LogP contribution in [0.15, 0.2) is 0 Å². The number of rotatable bonds is 21. The van der Waals surface area contributed by atoms with Crippen molar-refractivity contribution in [2.45, 2.75) is 150 Å². The molecule has 26 heavy (non-hydrogen) atoms. The minimum absolute atomic E-state index is 1.38. The predicted molar refractivity (Wildman–Crippen MR) is 134 cm³/mol. The topological polar surface area (TPSA) is 0 Å². The van der Waals surface area contributed by atoms with Gasteiger partial charge in [-0.15, -0.1) is 0 Å². The maximum absolute atomic E-state index is 3.09. The second-order valence-electron chi connectivity index (χ2n) is 8.70. The summed E-state index contributed by atoms with van der Waals surface area (Å²) in [6, 6.07) is 0. The Morgan fingerprint density at radius 2 is 0.615 bits per heavy atom. The zero-order valence-electron chi connectivity index (χ0n) is 18.7. The average molecular weight is 585 g/mol. The van der Waals surface area contributed by atoms with Crippen molar-refractivity contribution in [1.82, 2.24) is 0 Å². The summed E-state index contributed by atoms with van der Waals surface area (Å²) in [6.45, 7) is 6.98. The van der Waals surface area contributed by atoms with E-state index in [-0.39, 0.29) is 0 Å². The third-order valence-corrected chi connectivity index (χ3v) is 27.5. The normalized spacial score (nSPS) is 12.0. The van der Waals surface area contributed by atoms with Crippen molar-refractivity contribution in [2.75, 3.05) is 0 Å². The van der Waals surface area contributed by atoms with Gasteiger partial charge in [-0.3, -0.25) is 0 Å². The van der Waals surface area contributed by atoms with Gasteiger partial charge in [-0.25, -0.2) is 0 Å². The van der Waals surface area contributed by atoms with Crippen molar-refractivity contribution in [3.8, 4) is 0 Å². The van der Waals surface area contributed by atoms with Crippen LogP contribution in [0.3, 0.4) is 0 Å². The summed E-state index contributed by atoms with van der Waals surface area (Å²) in [5.74, 6) is 0. The summed E-state index contributed by atoms with van der Waals surface area (Å²) in [6.07, 6.45) is 26.7. The van der Waals surface area contributed by atoms with Gasteiger partial charge in [-0.2, -0.15) is 0 Å². The van der Waals surface area contributed by atoms with E-state index in [1.54, 1.807) is 32.6 Å². The fourth-order valence-corrected chi connectivity index (χ4v) is 21.4. The zero-order chi connectivity index (χ0) is 19.3. The Labute approximate surface area is 181 Å². The van der Waals surface area contributed by atoms with E-state index in [1.807, 2.05) is 0 Å². The Morgan fingerprint density at radius 1 is 0.385 bits per heavy atom. The number of halogens is 1. The molecule has 0 radical (unpaired) electrons. The van der Waals surface area contributed by atoms with Gasteiger partial charge in [0.15, 0.2) is 0 Å². The van der Waals surface area contributed by atoms with Gasteiger partial charge < -0.3 is 0 Å². The quantitative estimate of drug-likeness (QED) is 0.0715. The van der Waals surface area contributed by atoms with Crippen LogP contribution in [-0.2, 0) is 0 Å². The van der Waals surface area contributed by atoms with Gasteiger partial charge >= 0.3 is 183 Å². The number of unbranched alkanes of at least 4 members (excludes halogenated alkanes) is 15. The Kier molecular flexibility index (Phi) is 22.5. The Bertz CT molecular complexity index is 226. The van der Waals surface area contributed by atoms with Gasteiger partial charge in [0, 0.05) is 0 Å². The second-order valence-corrected chi connectivity index (χ2v) is 34.9. The van der Waals surface area contributed by atoms with Crippen LogP contribution in [0.25, 0.3) is 0 Å². The molecule has 0 aliphatic heterocycles. The van der Waals surface area contributed by atoms with Crippen LogP contribution < -0.4 is 0 Å². The van der Waals surface area contributed by atoms with Crippen LogP contribution in [0.1, 0.15) is 136 Å². The van der Waals surface area contributed by atoms with Crippen molar-refractivity contribution in [2.24, 2.45) is 0 Å². The average Bonchev–Trinajstić information content (AvgIpc) is 2.64. The van der Waals surface area contributed by atoms with Gasteiger partial charge in [0.05, 0.1) is 0 Å². The summed E-state index contributed by atoms with van der Waals surface area (Å²) >= 11 is 1.29. The summed E-state index contributed by atoms with van der Waals surface area (Å²) in [5, 5.41) is 0. The number of hydrogen-bond acceptors (Lipinski definition) is 0. The molecule has 158 valence electrons. The molecule has 0 atom stereocenters. The molecular weight excluding hydrogens is 534 g/mol. The van der Waals surface area contributed by atoms with E-state index >= 15 is 0 Å². The first kappa shape index (κ1) is 27.5. The maximum atomic E-state index is 3.09. The van der Waals surface area contributed by atoms with E-state index in [1.165, 1.54) is 96.3 Å². The molecule has 0 amide bonds. The van der Waals surface area contributed by atoms with Gasteiger partial charge in [0.25, 0.3) is 0 Å². The Morgan fingerprint density at radius 3 is 0.885 bits per heavy atom. The first-order chi connectivity index (χ1) is 12.7. The van der Waals surface area contributed by atoms with E-state index in [0.717, 1.165) is 0 Å². The van der Waals surface area contributed by atoms with Crippen LogP contribution in [0.2, 0.25) is 13.3 Å². The SMILES string of the molecule is CCCCCCC[CH2][Sn]([I])([CH2]CCCCCCC)[CH2]CCCCCCC. The molecule has 0 bridgehead atoms. The van der Waals surface area contributed by atoms with E-state index in [4.69, 9.17) is 0 Å². The Hall–Kier alpha value is 1.53. The van der Waals surface area contributed by atoms with E-state index in [0.29, 0.717) is 0 Å². The standard InChI is InChI=1S/3C8H17.HI.Sn/c3*1-3-5-7-8-6-4-2;;/h3*1,3-8H2,2H3;1H;/q;;;;+1/p-1. The molecule has 0 saturated carbocycles. The molecule has 0 aliphatic carbocycles. The van der Waals surface area contributed by atoms with Crippen LogP contribution in [-0.4, -0.2) is 14.4 Å².